The number of ketones is 2. The van der Waals surface area contributed by atoms with Crippen LogP contribution in [0.25, 0.3) is 0 Å². The minimum Gasteiger partial charge on any atom is -1.00 e. The van der Waals surface area contributed by atoms with E-state index in [1.54, 1.807) is 0 Å². The molecule has 1 saturated heterocycles. The summed E-state index contributed by atoms with van der Waals surface area (Å²) in [7, 11) is 0. The summed E-state index contributed by atoms with van der Waals surface area (Å²) >= 11 is 6.06. The maximum absolute atomic E-state index is 13.3. The second-order valence-electron chi connectivity index (χ2n) is 14.2. The maximum atomic E-state index is 13.3. The molecule has 1 aliphatic heterocycles. The fourth-order valence-corrected chi connectivity index (χ4v) is 7.03. The number of unbranched alkanes of at least 4 members (excludes halogenated alkanes) is 2. The molecule has 1 fully saturated rings. The number of carbonyl (C=O) groups excluding carboxylic acids is 3. The molecule has 0 saturated carbocycles. The van der Waals surface area contributed by atoms with Gasteiger partial charge in [0.25, 0.3) is 5.91 Å². The van der Waals surface area contributed by atoms with Crippen molar-refractivity contribution in [2.45, 2.75) is 90.5 Å². The molecule has 2 aromatic carbocycles. The topological polar surface area (TPSA) is 200 Å². The lowest BCUT2D eigenvalue weighted by Crippen LogP contribution is -3.00. The van der Waals surface area contributed by atoms with Crippen LogP contribution in [0.3, 0.4) is 0 Å². The van der Waals surface area contributed by atoms with Gasteiger partial charge in [-0.1, -0.05) is 43.3 Å². The number of ether oxygens (including phenoxy) is 2. The zero-order valence-corrected chi connectivity index (χ0v) is 33.0. The van der Waals surface area contributed by atoms with Gasteiger partial charge in [-0.2, -0.15) is 0 Å². The number of aliphatic hydroxyl groups is 2. The van der Waals surface area contributed by atoms with Crippen LogP contribution in [-0.2, 0) is 22.4 Å². The summed E-state index contributed by atoms with van der Waals surface area (Å²) in [6.45, 7) is 3.85. The molecular formula is C41H60Cl2N6O7. The van der Waals surface area contributed by atoms with Crippen LogP contribution in [0.5, 0.6) is 11.5 Å². The first-order chi connectivity index (χ1) is 26.1. The number of halogens is 2. The average molecular weight is 820 g/mol. The number of quaternary nitrogens is 1. The molecule has 56 heavy (non-hydrogen) atoms. The van der Waals surface area contributed by atoms with Crippen LogP contribution in [0, 0.1) is 0 Å². The van der Waals surface area contributed by atoms with E-state index in [9.17, 15) is 14.4 Å². The Morgan fingerprint density at radius 1 is 0.768 bits per heavy atom. The number of nitrogens with one attached hydrogen (secondary N) is 1. The third kappa shape index (κ3) is 16.2. The Labute approximate surface area is 342 Å². The van der Waals surface area contributed by atoms with Gasteiger partial charge in [0.05, 0.1) is 32.2 Å². The normalized spacial score (nSPS) is 14.5. The van der Waals surface area contributed by atoms with Crippen molar-refractivity contribution in [3.05, 3.63) is 70.5 Å². The van der Waals surface area contributed by atoms with Crippen molar-refractivity contribution in [1.82, 2.24) is 15.3 Å². The molecule has 1 aromatic heterocycles. The van der Waals surface area contributed by atoms with Gasteiger partial charge in [-0.3, -0.25) is 14.4 Å². The Balaban J connectivity index is 0.00000541. The van der Waals surface area contributed by atoms with Crippen LogP contribution < -0.4 is 38.7 Å². The van der Waals surface area contributed by atoms with Crippen LogP contribution in [0.4, 0.5) is 11.6 Å². The molecule has 1 atom stereocenters. The highest BCUT2D eigenvalue weighted by Gasteiger charge is 2.35. The molecular weight excluding hydrogens is 759 g/mol. The van der Waals surface area contributed by atoms with Crippen LogP contribution in [0.15, 0.2) is 48.5 Å². The van der Waals surface area contributed by atoms with Crippen LogP contribution in [0.2, 0.25) is 5.15 Å². The molecule has 0 spiro atoms. The lowest BCUT2D eigenvalue weighted by molar-refractivity contribution is -0.933. The molecule has 3 aromatic rings. The first kappa shape index (κ1) is 48.1. The molecule has 0 unspecified atom stereocenters. The van der Waals surface area contributed by atoms with Gasteiger partial charge in [0, 0.05) is 38.9 Å². The maximum Gasteiger partial charge on any atom is 0.274 e. The Hall–Kier alpha value is -4.01. The van der Waals surface area contributed by atoms with Crippen molar-refractivity contribution in [3.8, 4) is 11.5 Å². The fourth-order valence-electron chi connectivity index (χ4n) is 6.90. The predicted molar refractivity (Wildman–Crippen MR) is 215 cm³/mol. The summed E-state index contributed by atoms with van der Waals surface area (Å²) in [5.41, 5.74) is 14.0. The smallest absolute Gasteiger partial charge is 0.274 e. The highest BCUT2D eigenvalue weighted by atomic mass is 35.5. The second kappa shape index (κ2) is 25.3. The number of hydrogen-bond acceptors (Lipinski definition) is 11. The van der Waals surface area contributed by atoms with Crippen LogP contribution in [-0.4, -0.2) is 101 Å². The van der Waals surface area contributed by atoms with E-state index >= 15 is 0 Å². The molecule has 310 valence electrons. The van der Waals surface area contributed by atoms with E-state index in [0.717, 1.165) is 69.2 Å². The largest absolute Gasteiger partial charge is 1.00 e. The van der Waals surface area contributed by atoms with Crippen molar-refractivity contribution >= 4 is 40.7 Å². The van der Waals surface area contributed by atoms with Crippen LogP contribution >= 0.6 is 11.6 Å². The number of rotatable bonds is 24. The minimum absolute atomic E-state index is 0. The van der Waals surface area contributed by atoms with E-state index in [2.05, 4.69) is 15.3 Å². The second-order valence-corrected chi connectivity index (χ2v) is 14.5. The molecule has 7 N–H and O–H groups in total. The Bertz CT molecular complexity index is 1570. The van der Waals surface area contributed by atoms with E-state index in [0.29, 0.717) is 50.0 Å². The van der Waals surface area contributed by atoms with Crippen molar-refractivity contribution in [1.29, 1.82) is 0 Å². The summed E-state index contributed by atoms with van der Waals surface area (Å²) in [5.74, 6) is 0.844. The highest BCUT2D eigenvalue weighted by molar-refractivity contribution is 6.31. The van der Waals surface area contributed by atoms with Gasteiger partial charge in [0.2, 0.25) is 0 Å². The molecule has 1 amide bonds. The fraction of sp³-hybridized carbons (Fsp3) is 0.537. The molecule has 2 heterocycles. The number of anilines is 2. The number of hydrogen-bond donors (Lipinski definition) is 5. The number of aromatic nitrogens is 2. The van der Waals surface area contributed by atoms with Crippen molar-refractivity contribution in [2.75, 3.05) is 64.1 Å². The van der Waals surface area contributed by atoms with Crippen molar-refractivity contribution in [2.24, 2.45) is 0 Å². The molecule has 0 aliphatic carbocycles. The number of Topliss-reactive ketones (excluding diaryl/α,β-unsaturated/α-hetero) is 2. The number of nitrogens with zero attached hydrogens (tertiary/aromatic N) is 3. The van der Waals surface area contributed by atoms with Gasteiger partial charge in [-0.25, -0.2) is 9.97 Å². The number of nitrogens with two attached hydrogens (primary N) is 2. The summed E-state index contributed by atoms with van der Waals surface area (Å²) in [6.07, 6.45) is 8.77. The van der Waals surface area contributed by atoms with E-state index < -0.39 is 5.91 Å². The van der Waals surface area contributed by atoms with E-state index in [4.69, 9.17) is 42.8 Å². The molecule has 0 bridgehead atoms. The van der Waals surface area contributed by atoms with Gasteiger partial charge in [0.15, 0.2) is 34.0 Å². The first-order valence-corrected chi connectivity index (χ1v) is 19.4. The van der Waals surface area contributed by atoms with E-state index in [-0.39, 0.29) is 86.4 Å². The number of piperidine rings is 1. The summed E-state index contributed by atoms with van der Waals surface area (Å²) in [6, 6.07) is 15.7. The van der Waals surface area contributed by atoms with Gasteiger partial charge in [-0.15, -0.1) is 0 Å². The van der Waals surface area contributed by atoms with Gasteiger partial charge < -0.3 is 53.4 Å². The number of nitrogen functional groups attached to an aromatic ring is 2. The third-order valence-electron chi connectivity index (χ3n) is 9.82. The van der Waals surface area contributed by atoms with E-state index in [1.807, 2.05) is 48.5 Å². The monoisotopic (exact) mass is 818 g/mol. The number of amides is 1. The highest BCUT2D eigenvalue weighted by Crippen LogP contribution is 2.25. The quantitative estimate of drug-likeness (QED) is 0.0656. The average Bonchev–Trinajstić information content (AvgIpc) is 3.16. The van der Waals surface area contributed by atoms with Crippen molar-refractivity contribution in [3.63, 3.8) is 0 Å². The third-order valence-corrected chi connectivity index (χ3v) is 10.1. The lowest BCUT2D eigenvalue weighted by atomic mass is 9.99. The minimum atomic E-state index is -0.421. The summed E-state index contributed by atoms with van der Waals surface area (Å²) in [5, 5.41) is 20.9. The number of aryl methyl sites for hydroxylation is 2. The zero-order chi connectivity index (χ0) is 38.8. The summed E-state index contributed by atoms with van der Waals surface area (Å²) in [4.78, 5) is 45.4. The van der Waals surface area contributed by atoms with Gasteiger partial charge in [0.1, 0.15) is 24.7 Å². The first-order valence-electron chi connectivity index (χ1n) is 19.0. The number of likely N-dealkylation sites (tertiary alicyclic amines) is 1. The molecule has 4 rings (SSSR count). The van der Waals surface area contributed by atoms with Crippen molar-refractivity contribution < 1.29 is 51.0 Å². The Morgan fingerprint density at radius 3 is 1.75 bits per heavy atom. The summed E-state index contributed by atoms with van der Waals surface area (Å²) < 4.78 is 12.2. The molecule has 1 aliphatic rings. The standard InChI is InChI=1S/C40H55ClN6O7.CH4.ClH/c41-37-39(43)46-38(42)36(45-37)40(52)44-31-10-7-23-47(26-31,21-5-8-29-13-17-34(18-14-29)53-27-32(50)11-1-3-24-48)22-6-9-30-15-19-35(20-16-30)54-28-33(51)12-2-4-25-49;;/h13-20,31,48-49H,1-12,21-28H2,(H4-,42,43,44,46,52);1H4;1H/t31-;;/m0../s1. The number of aliphatic hydroxyl groups excluding tert-OH is 2. The molecule has 13 nitrogen and oxygen atoms in total. The zero-order valence-electron chi connectivity index (χ0n) is 31.5. The lowest BCUT2D eigenvalue weighted by Gasteiger charge is -2.45. The Morgan fingerprint density at radius 2 is 1.27 bits per heavy atom. The SMILES string of the molecule is C.Nc1nc(N)c(C(=O)N[C@H]2CCC[N+](CCCc3ccc(OCC(=O)CCCCO)cc3)(CCCc3ccc(OCC(=O)CCCCO)cc3)C2)nc1Cl.[Cl-]. The number of benzene rings is 2. The molecule has 15 heteroatoms. The van der Waals surface area contributed by atoms with Gasteiger partial charge in [-0.05, 0) is 86.8 Å². The predicted octanol–water partition coefficient (Wildman–Crippen LogP) is 2.13. The number of carbonyl (C=O) groups is 3. The molecule has 0 radical (unpaired) electrons. The van der Waals surface area contributed by atoms with E-state index in [1.165, 1.54) is 11.1 Å². The Kier molecular flexibility index (Phi) is 21.7. The van der Waals surface area contributed by atoms with Crippen LogP contribution in [0.1, 0.15) is 93.3 Å². The van der Waals surface area contributed by atoms with Gasteiger partial charge >= 0.3 is 0 Å².